The predicted molar refractivity (Wildman–Crippen MR) is 190 cm³/mol. The molecule has 1 saturated heterocycles. The number of amides is 1. The lowest BCUT2D eigenvalue weighted by Crippen LogP contribution is -2.47. The minimum Gasteiger partial charge on any atom is -0.487 e. The van der Waals surface area contributed by atoms with Crippen molar-refractivity contribution in [3.05, 3.63) is 130 Å². The van der Waals surface area contributed by atoms with Crippen LogP contribution in [0.25, 0.3) is 12.2 Å². The SMILES string of the molecule is Br.COC/C=C/c1ccc(CN2CCN(C(=O)/C=C/c3cc(C)c(Oc4ccc(OCc5ccc(F)cc5)cn4)c(C)c3)CC2)cc1. The average Bonchev–Trinajstić information content (AvgIpc) is 3.07. The summed E-state index contributed by atoms with van der Waals surface area (Å²) in [6.45, 7) is 8.84. The fourth-order valence-electron chi connectivity index (χ4n) is 5.28. The Labute approximate surface area is 287 Å². The second kappa shape index (κ2) is 17.6. The van der Waals surface area contributed by atoms with Gasteiger partial charge < -0.3 is 19.1 Å². The van der Waals surface area contributed by atoms with Crippen LogP contribution in [0.4, 0.5) is 4.39 Å². The summed E-state index contributed by atoms with van der Waals surface area (Å²) in [6, 6.07) is 22.3. The average molecular weight is 703 g/mol. The first-order valence-corrected chi connectivity index (χ1v) is 15.4. The van der Waals surface area contributed by atoms with E-state index >= 15 is 0 Å². The number of nitrogens with zero attached hydrogens (tertiary/aromatic N) is 3. The fourth-order valence-corrected chi connectivity index (χ4v) is 5.28. The van der Waals surface area contributed by atoms with Gasteiger partial charge in [0, 0.05) is 52.0 Å². The topological polar surface area (TPSA) is 64.1 Å². The minimum atomic E-state index is -0.276. The van der Waals surface area contributed by atoms with Gasteiger partial charge in [-0.15, -0.1) is 17.0 Å². The lowest BCUT2D eigenvalue weighted by Gasteiger charge is -2.34. The molecule has 47 heavy (non-hydrogen) atoms. The molecule has 0 saturated carbocycles. The standard InChI is InChI=1S/C38H40FN3O4.BrH/c1-28-23-33(24-29(2)38(28)46-36-16-15-35(25-40-36)45-27-32-10-13-34(39)14-11-32)12-17-37(43)42-20-18-41(19-21-42)26-31-8-6-30(7-9-31)5-4-22-44-3;/h4-17,23-25H,18-22,26-27H2,1-3H3;1H/b5-4+,17-12+;. The molecule has 4 aromatic rings. The number of pyridine rings is 1. The number of aryl methyl sites for hydroxylation is 2. The Kier molecular flexibility index (Phi) is 13.3. The molecule has 0 unspecified atom stereocenters. The molecule has 7 nitrogen and oxygen atoms in total. The molecular formula is C38H41BrFN3O4. The molecule has 0 N–H and O–H groups in total. The summed E-state index contributed by atoms with van der Waals surface area (Å²) in [7, 11) is 1.69. The van der Waals surface area contributed by atoms with Gasteiger partial charge in [0.1, 0.15) is 23.9 Å². The maximum Gasteiger partial charge on any atom is 0.246 e. The second-order valence-electron chi connectivity index (χ2n) is 11.4. The van der Waals surface area contributed by atoms with Crippen LogP contribution in [0.1, 0.15) is 33.4 Å². The van der Waals surface area contributed by atoms with Gasteiger partial charge in [0.25, 0.3) is 0 Å². The molecule has 0 spiro atoms. The minimum absolute atomic E-state index is 0. The third-order valence-corrected chi connectivity index (χ3v) is 7.78. The van der Waals surface area contributed by atoms with Crippen molar-refractivity contribution < 1.29 is 23.4 Å². The Balaban J connectivity index is 0.00000500. The molecule has 1 fully saturated rings. The summed E-state index contributed by atoms with van der Waals surface area (Å²) in [5.41, 5.74) is 6.11. The normalized spacial score (nSPS) is 13.6. The lowest BCUT2D eigenvalue weighted by atomic mass is 10.1. The van der Waals surface area contributed by atoms with Crippen molar-refractivity contribution in [1.82, 2.24) is 14.8 Å². The van der Waals surface area contributed by atoms with Gasteiger partial charge in [-0.3, -0.25) is 9.69 Å². The maximum absolute atomic E-state index is 13.1. The van der Waals surface area contributed by atoms with Crippen molar-refractivity contribution in [3.63, 3.8) is 0 Å². The van der Waals surface area contributed by atoms with E-state index in [2.05, 4.69) is 40.2 Å². The monoisotopic (exact) mass is 701 g/mol. The van der Waals surface area contributed by atoms with Crippen molar-refractivity contribution in [2.24, 2.45) is 0 Å². The van der Waals surface area contributed by atoms with E-state index in [0.29, 0.717) is 37.9 Å². The number of rotatable bonds is 12. The maximum atomic E-state index is 13.1. The Morgan fingerprint density at radius 2 is 1.55 bits per heavy atom. The van der Waals surface area contributed by atoms with Crippen molar-refractivity contribution in [2.75, 3.05) is 39.9 Å². The molecule has 1 aliphatic rings. The Bertz CT molecular complexity index is 1630. The van der Waals surface area contributed by atoms with E-state index in [1.165, 1.54) is 17.7 Å². The number of hydrogen-bond donors (Lipinski definition) is 0. The van der Waals surface area contributed by atoms with Gasteiger partial charge in [-0.1, -0.05) is 48.6 Å². The van der Waals surface area contributed by atoms with Crippen molar-refractivity contribution in [2.45, 2.75) is 27.0 Å². The van der Waals surface area contributed by atoms with Crippen LogP contribution in [-0.2, 0) is 22.7 Å². The zero-order chi connectivity index (χ0) is 32.3. The molecule has 246 valence electrons. The Morgan fingerprint density at radius 3 is 2.19 bits per heavy atom. The summed E-state index contributed by atoms with van der Waals surface area (Å²) >= 11 is 0. The van der Waals surface area contributed by atoms with Gasteiger partial charge in [-0.2, -0.15) is 0 Å². The molecule has 2 heterocycles. The van der Waals surface area contributed by atoms with E-state index in [1.807, 2.05) is 43.0 Å². The van der Waals surface area contributed by atoms with Gasteiger partial charge in [0.2, 0.25) is 11.8 Å². The van der Waals surface area contributed by atoms with E-state index in [1.54, 1.807) is 43.6 Å². The highest BCUT2D eigenvalue weighted by Crippen LogP contribution is 2.30. The van der Waals surface area contributed by atoms with Crippen LogP contribution in [0, 0.1) is 19.7 Å². The molecular weight excluding hydrogens is 661 g/mol. The molecule has 0 bridgehead atoms. The number of benzene rings is 3. The van der Waals surface area contributed by atoms with E-state index in [4.69, 9.17) is 14.2 Å². The predicted octanol–water partition coefficient (Wildman–Crippen LogP) is 7.80. The van der Waals surface area contributed by atoms with E-state index in [-0.39, 0.29) is 28.7 Å². The third kappa shape index (κ3) is 10.6. The smallest absolute Gasteiger partial charge is 0.246 e. The Hall–Kier alpha value is -4.31. The highest BCUT2D eigenvalue weighted by Gasteiger charge is 2.19. The van der Waals surface area contributed by atoms with Gasteiger partial charge in [0.15, 0.2) is 0 Å². The molecule has 1 aromatic heterocycles. The van der Waals surface area contributed by atoms with Gasteiger partial charge in [-0.25, -0.2) is 9.37 Å². The first kappa shape index (κ1) is 35.5. The number of carbonyl (C=O) groups excluding carboxylic acids is 1. The summed E-state index contributed by atoms with van der Waals surface area (Å²) in [5, 5.41) is 0. The van der Waals surface area contributed by atoms with Crippen LogP contribution < -0.4 is 9.47 Å². The van der Waals surface area contributed by atoms with Crippen molar-refractivity contribution in [1.29, 1.82) is 0 Å². The van der Waals surface area contributed by atoms with Crippen LogP contribution in [0.15, 0.2) is 91.1 Å². The summed E-state index contributed by atoms with van der Waals surface area (Å²) < 4.78 is 30.0. The molecule has 1 amide bonds. The molecule has 0 radical (unpaired) electrons. The fraction of sp³-hybridized carbons (Fsp3) is 0.263. The quantitative estimate of drug-likeness (QED) is 0.141. The van der Waals surface area contributed by atoms with E-state index in [9.17, 15) is 9.18 Å². The van der Waals surface area contributed by atoms with E-state index < -0.39 is 0 Å². The first-order chi connectivity index (χ1) is 22.4. The van der Waals surface area contributed by atoms with Crippen LogP contribution in [0.5, 0.6) is 17.4 Å². The number of methoxy groups -OCH3 is 1. The highest BCUT2D eigenvalue weighted by atomic mass is 79.9. The lowest BCUT2D eigenvalue weighted by molar-refractivity contribution is -0.127. The van der Waals surface area contributed by atoms with E-state index in [0.717, 1.165) is 53.2 Å². The van der Waals surface area contributed by atoms with Gasteiger partial charge in [-0.05, 0) is 83.6 Å². The summed E-state index contributed by atoms with van der Waals surface area (Å²) in [5.74, 6) is 1.51. The number of ether oxygens (including phenoxy) is 3. The summed E-state index contributed by atoms with van der Waals surface area (Å²) in [6.07, 6.45) is 9.19. The largest absolute Gasteiger partial charge is 0.487 e. The summed E-state index contributed by atoms with van der Waals surface area (Å²) in [4.78, 5) is 21.7. The molecule has 0 atom stereocenters. The second-order valence-corrected chi connectivity index (χ2v) is 11.4. The number of halogens is 2. The molecule has 0 aliphatic carbocycles. The molecule has 3 aromatic carbocycles. The number of carbonyl (C=O) groups is 1. The number of aromatic nitrogens is 1. The number of hydrogen-bond acceptors (Lipinski definition) is 6. The van der Waals surface area contributed by atoms with Gasteiger partial charge >= 0.3 is 0 Å². The Morgan fingerprint density at radius 1 is 0.872 bits per heavy atom. The molecule has 9 heteroatoms. The van der Waals surface area contributed by atoms with Crippen LogP contribution >= 0.6 is 17.0 Å². The van der Waals surface area contributed by atoms with Crippen molar-refractivity contribution in [3.8, 4) is 17.4 Å². The van der Waals surface area contributed by atoms with Crippen LogP contribution in [0.3, 0.4) is 0 Å². The first-order valence-electron chi connectivity index (χ1n) is 15.4. The zero-order valence-electron chi connectivity index (χ0n) is 27.0. The molecule has 1 aliphatic heterocycles. The zero-order valence-corrected chi connectivity index (χ0v) is 28.7. The van der Waals surface area contributed by atoms with Crippen LogP contribution in [-0.4, -0.2) is 60.6 Å². The molecule has 5 rings (SSSR count). The highest BCUT2D eigenvalue weighted by molar-refractivity contribution is 8.93. The number of piperazine rings is 1. The van der Waals surface area contributed by atoms with Crippen LogP contribution in [0.2, 0.25) is 0 Å². The van der Waals surface area contributed by atoms with Gasteiger partial charge in [0.05, 0.1) is 12.8 Å². The third-order valence-electron chi connectivity index (χ3n) is 7.78. The van der Waals surface area contributed by atoms with Crippen molar-refractivity contribution >= 4 is 35.0 Å².